The van der Waals surface area contributed by atoms with Crippen molar-refractivity contribution in [2.24, 2.45) is 4.99 Å². The van der Waals surface area contributed by atoms with Gasteiger partial charge in [-0.1, -0.05) is 44.6 Å². The molecule has 0 spiro atoms. The molecule has 4 nitrogen and oxygen atoms in total. The molecule has 1 aromatic rings. The molecule has 2 rings (SSSR count). The van der Waals surface area contributed by atoms with Crippen LogP contribution in [0.25, 0.3) is 0 Å². The number of unbranched alkanes of at least 4 members (excludes halogenated alkanes) is 3. The van der Waals surface area contributed by atoms with Gasteiger partial charge in [0.05, 0.1) is 17.7 Å². The van der Waals surface area contributed by atoms with E-state index in [0.717, 1.165) is 29.0 Å². The monoisotopic (exact) mass is 309 g/mol. The third-order valence-electron chi connectivity index (χ3n) is 4.34. The van der Waals surface area contributed by atoms with Crippen molar-refractivity contribution in [2.45, 2.75) is 63.2 Å². The van der Waals surface area contributed by atoms with Gasteiger partial charge in [-0.15, -0.1) is 4.33 Å². The third-order valence-corrected chi connectivity index (χ3v) is 4.92. The van der Waals surface area contributed by atoms with Crippen molar-refractivity contribution in [3.05, 3.63) is 23.8 Å². The van der Waals surface area contributed by atoms with E-state index in [9.17, 15) is 0 Å². The van der Waals surface area contributed by atoms with Gasteiger partial charge in [0.1, 0.15) is 0 Å². The lowest BCUT2D eigenvalue weighted by Gasteiger charge is -2.26. The fourth-order valence-corrected chi connectivity index (χ4v) is 3.28. The van der Waals surface area contributed by atoms with Gasteiger partial charge in [-0.2, -0.15) is 0 Å². The summed E-state index contributed by atoms with van der Waals surface area (Å²) in [5.74, 6) is 0. The van der Waals surface area contributed by atoms with Crippen LogP contribution in [0.4, 0.5) is 5.69 Å². The Morgan fingerprint density at radius 1 is 1.29 bits per heavy atom. The van der Waals surface area contributed by atoms with Crippen LogP contribution in [0.3, 0.4) is 0 Å². The SMILES string of the molecule is CCCCCCC1(C)C(C)=Nc2ccc(SOOO)cc21. The fourth-order valence-electron chi connectivity index (χ4n) is 2.88. The summed E-state index contributed by atoms with van der Waals surface area (Å²) in [6.07, 6.45) is 6.13. The van der Waals surface area contributed by atoms with Crippen molar-refractivity contribution in [3.63, 3.8) is 0 Å². The van der Waals surface area contributed by atoms with Gasteiger partial charge in [-0.25, -0.2) is 5.26 Å². The highest BCUT2D eigenvalue weighted by Crippen LogP contribution is 2.44. The normalized spacial score (nSPS) is 20.5. The van der Waals surface area contributed by atoms with E-state index in [1.807, 2.05) is 12.1 Å². The Morgan fingerprint density at radius 2 is 2.10 bits per heavy atom. The van der Waals surface area contributed by atoms with Crippen molar-refractivity contribution in [1.82, 2.24) is 0 Å². The van der Waals surface area contributed by atoms with Crippen LogP contribution < -0.4 is 0 Å². The molecule has 1 aliphatic rings. The predicted octanol–water partition coefficient (Wildman–Crippen LogP) is 5.45. The van der Waals surface area contributed by atoms with E-state index in [-0.39, 0.29) is 5.41 Å². The highest BCUT2D eigenvalue weighted by atomic mass is 32.2. The molecule has 1 aromatic carbocycles. The van der Waals surface area contributed by atoms with E-state index in [1.54, 1.807) is 0 Å². The summed E-state index contributed by atoms with van der Waals surface area (Å²) in [5.41, 5.74) is 3.46. The molecule has 0 fully saturated rings. The number of benzene rings is 1. The summed E-state index contributed by atoms with van der Waals surface area (Å²) < 4.78 is 4.52. The second-order valence-electron chi connectivity index (χ2n) is 5.74. The number of hydrogen-bond donors (Lipinski definition) is 1. The van der Waals surface area contributed by atoms with Gasteiger partial charge in [0.15, 0.2) is 0 Å². The molecule has 116 valence electrons. The fraction of sp³-hybridized carbons (Fsp3) is 0.562. The maximum Gasteiger partial charge on any atom is 0.0714 e. The van der Waals surface area contributed by atoms with Crippen LogP contribution in [0.1, 0.15) is 58.4 Å². The second kappa shape index (κ2) is 7.40. The molecular weight excluding hydrogens is 286 g/mol. The molecule has 1 heterocycles. The number of nitrogens with zero attached hydrogens (tertiary/aromatic N) is 1. The van der Waals surface area contributed by atoms with Gasteiger partial charge < -0.3 is 0 Å². The van der Waals surface area contributed by atoms with Crippen LogP contribution in [0, 0.1) is 0 Å². The number of rotatable bonds is 8. The molecule has 0 bridgehead atoms. The van der Waals surface area contributed by atoms with Crippen molar-refractivity contribution in [2.75, 3.05) is 0 Å². The maximum absolute atomic E-state index is 8.27. The maximum atomic E-state index is 8.27. The van der Waals surface area contributed by atoms with E-state index in [4.69, 9.17) is 10.2 Å². The summed E-state index contributed by atoms with van der Waals surface area (Å²) >= 11 is 0.997. The standard InChI is InChI=1S/C16H23NO3S/c1-4-5-6-7-10-16(3)12(2)17-15-9-8-13(11-14(15)16)21-20-19-18/h8-9,11,18H,4-7,10H2,1-3H3. The molecule has 0 aliphatic carbocycles. The van der Waals surface area contributed by atoms with Crippen LogP contribution in [0.15, 0.2) is 28.1 Å². The van der Waals surface area contributed by atoms with Crippen LogP contribution >= 0.6 is 12.0 Å². The Balaban J connectivity index is 2.15. The Morgan fingerprint density at radius 3 is 2.81 bits per heavy atom. The summed E-state index contributed by atoms with van der Waals surface area (Å²) in [6, 6.07) is 6.00. The lowest BCUT2D eigenvalue weighted by atomic mass is 9.76. The summed E-state index contributed by atoms with van der Waals surface area (Å²) in [7, 11) is 0. The van der Waals surface area contributed by atoms with Gasteiger partial charge in [-0.05, 0) is 37.1 Å². The van der Waals surface area contributed by atoms with E-state index in [0.29, 0.717) is 0 Å². The minimum absolute atomic E-state index is 0.000281. The molecule has 1 unspecified atom stereocenters. The zero-order chi connectivity index (χ0) is 15.3. The van der Waals surface area contributed by atoms with E-state index in [2.05, 4.69) is 36.2 Å². The van der Waals surface area contributed by atoms with E-state index < -0.39 is 0 Å². The van der Waals surface area contributed by atoms with Gasteiger partial charge in [0, 0.05) is 16.0 Å². The zero-order valence-electron chi connectivity index (χ0n) is 12.9. The lowest BCUT2D eigenvalue weighted by molar-refractivity contribution is -0.432. The topological polar surface area (TPSA) is 51.0 Å². The predicted molar refractivity (Wildman–Crippen MR) is 86.0 cm³/mol. The molecular formula is C16H23NO3S. The van der Waals surface area contributed by atoms with Crippen molar-refractivity contribution in [1.29, 1.82) is 0 Å². The molecule has 0 saturated heterocycles. The van der Waals surface area contributed by atoms with Crippen LogP contribution in [-0.4, -0.2) is 11.0 Å². The molecule has 0 saturated carbocycles. The largest absolute Gasteiger partial charge is 0.257 e. The quantitative estimate of drug-likeness (QED) is 0.300. The smallest absolute Gasteiger partial charge is 0.0714 e. The van der Waals surface area contributed by atoms with Crippen LogP contribution in [-0.2, 0) is 14.8 Å². The molecule has 1 atom stereocenters. The number of fused-ring (bicyclic) bond motifs is 1. The Bertz CT molecular complexity index is 518. The Kier molecular flexibility index (Phi) is 5.81. The second-order valence-corrected chi connectivity index (χ2v) is 6.52. The van der Waals surface area contributed by atoms with Gasteiger partial charge in [0.25, 0.3) is 0 Å². The highest BCUT2D eigenvalue weighted by Gasteiger charge is 2.36. The average molecular weight is 309 g/mol. The first-order valence-corrected chi connectivity index (χ1v) is 8.21. The molecule has 0 aromatic heterocycles. The first kappa shape index (κ1) is 16.5. The van der Waals surface area contributed by atoms with Gasteiger partial charge >= 0.3 is 0 Å². The first-order valence-electron chi connectivity index (χ1n) is 7.47. The molecule has 5 heteroatoms. The van der Waals surface area contributed by atoms with E-state index >= 15 is 0 Å². The minimum atomic E-state index is -0.000281. The van der Waals surface area contributed by atoms with Crippen molar-refractivity contribution >= 4 is 23.4 Å². The molecule has 0 radical (unpaired) electrons. The van der Waals surface area contributed by atoms with Crippen LogP contribution in [0.2, 0.25) is 0 Å². The first-order chi connectivity index (χ1) is 10.1. The molecule has 0 amide bonds. The van der Waals surface area contributed by atoms with E-state index in [1.165, 1.54) is 37.0 Å². The third kappa shape index (κ3) is 3.66. The lowest BCUT2D eigenvalue weighted by Crippen LogP contribution is -2.27. The minimum Gasteiger partial charge on any atom is -0.257 e. The molecule has 21 heavy (non-hydrogen) atoms. The zero-order valence-corrected chi connectivity index (χ0v) is 13.7. The molecule has 1 aliphatic heterocycles. The number of hydrogen-bond acceptors (Lipinski definition) is 5. The van der Waals surface area contributed by atoms with Gasteiger partial charge in [-0.3, -0.25) is 4.99 Å². The summed E-state index contributed by atoms with van der Waals surface area (Å²) in [4.78, 5) is 5.61. The van der Waals surface area contributed by atoms with Gasteiger partial charge in [0.2, 0.25) is 0 Å². The van der Waals surface area contributed by atoms with Crippen LogP contribution in [0.5, 0.6) is 0 Å². The highest BCUT2D eigenvalue weighted by molar-refractivity contribution is 7.94. The average Bonchev–Trinajstić information content (AvgIpc) is 2.73. The Hall–Kier alpha value is -0.880. The van der Waals surface area contributed by atoms with Crippen molar-refractivity contribution in [3.8, 4) is 0 Å². The number of aliphatic imine (C=N–C) groups is 1. The van der Waals surface area contributed by atoms with Crippen molar-refractivity contribution < 1.29 is 14.6 Å². The molecule has 1 N–H and O–H groups in total. The summed E-state index contributed by atoms with van der Waals surface area (Å²) in [5, 5.41) is 11.9. The summed E-state index contributed by atoms with van der Waals surface area (Å²) in [6.45, 7) is 6.60. The Labute approximate surface area is 130 Å².